The molecule has 2 bridgehead atoms. The Kier molecular flexibility index (Phi) is 4.21. The summed E-state index contributed by atoms with van der Waals surface area (Å²) >= 11 is 0. The molecule has 4 aliphatic heterocycles. The molecule has 0 aromatic rings. The van der Waals surface area contributed by atoms with E-state index in [9.17, 15) is 14.7 Å². The zero-order valence-corrected chi connectivity index (χ0v) is 15.0. The van der Waals surface area contributed by atoms with E-state index in [1.165, 1.54) is 0 Å². The van der Waals surface area contributed by atoms with Crippen molar-refractivity contribution in [2.24, 2.45) is 11.8 Å². The van der Waals surface area contributed by atoms with Crippen LogP contribution in [0.2, 0.25) is 0 Å². The number of carbonyl (C=O) groups is 2. The average molecular weight is 364 g/mol. The SMILES string of the molecule is C=C(C)C(=O)OC1CC23OC2CC/C(=C/C2OC(=O)C(C)C21)COC3O. The highest BCUT2D eigenvalue weighted by atomic mass is 16.7. The monoisotopic (exact) mass is 364 g/mol. The first-order valence-electron chi connectivity index (χ1n) is 9.06. The fourth-order valence-corrected chi connectivity index (χ4v) is 4.36. The fourth-order valence-electron chi connectivity index (χ4n) is 4.36. The first kappa shape index (κ1) is 17.7. The summed E-state index contributed by atoms with van der Waals surface area (Å²) in [6, 6.07) is 0. The third-order valence-corrected chi connectivity index (χ3v) is 5.96. The van der Waals surface area contributed by atoms with Crippen molar-refractivity contribution >= 4 is 11.9 Å². The van der Waals surface area contributed by atoms with Crippen LogP contribution in [-0.4, -0.2) is 53.9 Å². The number of esters is 2. The second-order valence-corrected chi connectivity index (χ2v) is 7.78. The average Bonchev–Trinajstić information content (AvgIpc) is 3.20. The third kappa shape index (κ3) is 2.78. The second-order valence-electron chi connectivity index (χ2n) is 7.78. The second kappa shape index (κ2) is 6.18. The molecule has 5 aliphatic rings. The van der Waals surface area contributed by atoms with Crippen molar-refractivity contribution < 1.29 is 33.6 Å². The van der Waals surface area contributed by atoms with Crippen molar-refractivity contribution in [3.63, 3.8) is 0 Å². The first-order valence-corrected chi connectivity index (χ1v) is 9.06. The molecule has 0 radical (unpaired) electrons. The smallest absolute Gasteiger partial charge is 0.333 e. The number of rotatable bonds is 2. The van der Waals surface area contributed by atoms with Gasteiger partial charge in [-0.2, -0.15) is 0 Å². The number of carbonyl (C=O) groups excluding carboxylic acids is 2. The fraction of sp³-hybridized carbons (Fsp3) is 0.684. The van der Waals surface area contributed by atoms with E-state index in [4.69, 9.17) is 18.9 Å². The van der Waals surface area contributed by atoms with E-state index in [0.717, 1.165) is 18.4 Å². The number of aliphatic hydroxyl groups excluding tert-OH is 1. The van der Waals surface area contributed by atoms with Gasteiger partial charge in [-0.25, -0.2) is 4.79 Å². The first-order chi connectivity index (χ1) is 12.3. The summed E-state index contributed by atoms with van der Waals surface area (Å²) in [5.41, 5.74) is 0.328. The predicted molar refractivity (Wildman–Crippen MR) is 88.7 cm³/mol. The Morgan fingerprint density at radius 2 is 2.23 bits per heavy atom. The van der Waals surface area contributed by atoms with Gasteiger partial charge in [-0.05, 0) is 31.4 Å². The molecule has 1 N–H and O–H groups in total. The molecule has 0 aromatic carbocycles. The van der Waals surface area contributed by atoms with Crippen LogP contribution in [0.5, 0.6) is 0 Å². The normalized spacial score (nSPS) is 46.1. The van der Waals surface area contributed by atoms with E-state index in [1.807, 2.05) is 6.08 Å². The molecule has 3 fully saturated rings. The van der Waals surface area contributed by atoms with Crippen LogP contribution in [0.3, 0.4) is 0 Å². The number of ether oxygens (including phenoxy) is 4. The van der Waals surface area contributed by atoms with E-state index in [0.29, 0.717) is 0 Å². The van der Waals surface area contributed by atoms with Gasteiger partial charge in [-0.3, -0.25) is 4.79 Å². The Morgan fingerprint density at radius 3 is 2.96 bits per heavy atom. The van der Waals surface area contributed by atoms with Crippen molar-refractivity contribution in [2.75, 3.05) is 6.61 Å². The van der Waals surface area contributed by atoms with Gasteiger partial charge in [-0.15, -0.1) is 0 Å². The lowest BCUT2D eigenvalue weighted by Gasteiger charge is -2.33. The van der Waals surface area contributed by atoms with Crippen molar-refractivity contribution in [1.82, 2.24) is 0 Å². The number of fused-ring (bicyclic) bond motifs is 4. The minimum atomic E-state index is -1.10. The minimum absolute atomic E-state index is 0.155. The Balaban J connectivity index is 1.75. The van der Waals surface area contributed by atoms with Crippen LogP contribution in [-0.2, 0) is 28.5 Å². The van der Waals surface area contributed by atoms with E-state index in [2.05, 4.69) is 6.58 Å². The summed E-state index contributed by atoms with van der Waals surface area (Å²) < 4.78 is 22.7. The molecule has 7 heteroatoms. The van der Waals surface area contributed by atoms with Crippen LogP contribution >= 0.6 is 0 Å². The van der Waals surface area contributed by atoms with Gasteiger partial charge >= 0.3 is 11.9 Å². The Labute approximate surface area is 151 Å². The van der Waals surface area contributed by atoms with Gasteiger partial charge in [0.2, 0.25) is 0 Å². The molecule has 142 valence electrons. The minimum Gasteiger partial charge on any atom is -0.458 e. The lowest BCUT2D eigenvalue weighted by Crippen LogP contribution is -2.45. The maximum Gasteiger partial charge on any atom is 0.333 e. The van der Waals surface area contributed by atoms with Gasteiger partial charge in [-0.1, -0.05) is 13.5 Å². The number of hydrogen-bond donors (Lipinski definition) is 1. The van der Waals surface area contributed by atoms with Gasteiger partial charge in [0.05, 0.1) is 18.6 Å². The largest absolute Gasteiger partial charge is 0.458 e. The van der Waals surface area contributed by atoms with Gasteiger partial charge in [0, 0.05) is 17.9 Å². The molecule has 0 amide bonds. The summed E-state index contributed by atoms with van der Waals surface area (Å²) in [6.45, 7) is 7.26. The van der Waals surface area contributed by atoms with Crippen molar-refractivity contribution in [3.05, 3.63) is 23.8 Å². The molecule has 7 nitrogen and oxygen atoms in total. The van der Waals surface area contributed by atoms with E-state index >= 15 is 0 Å². The maximum atomic E-state index is 12.2. The molecule has 1 aliphatic carbocycles. The molecule has 4 heterocycles. The molecule has 26 heavy (non-hydrogen) atoms. The standard InChI is InChI=1S/C19H24O7/c1-9(2)16(20)25-13-7-19-14(26-19)5-4-11(8-23-18(19)22)6-12-15(13)10(3)17(21)24-12/h6,10,12-15,18,22H,1,4-5,7-8H2,2-3H3/b11-6-. The quantitative estimate of drug-likeness (QED) is 0.341. The zero-order chi connectivity index (χ0) is 18.6. The molecular weight excluding hydrogens is 340 g/mol. The topological polar surface area (TPSA) is 94.6 Å². The van der Waals surface area contributed by atoms with Crippen LogP contribution in [0.15, 0.2) is 23.8 Å². The lowest BCUT2D eigenvalue weighted by atomic mass is 9.79. The molecule has 5 rings (SSSR count). The van der Waals surface area contributed by atoms with Gasteiger partial charge in [0.15, 0.2) is 6.29 Å². The van der Waals surface area contributed by atoms with E-state index < -0.39 is 36.0 Å². The Hall–Kier alpha value is -1.70. The third-order valence-electron chi connectivity index (χ3n) is 5.96. The molecule has 0 saturated carbocycles. The number of hydrogen-bond acceptors (Lipinski definition) is 7. The van der Waals surface area contributed by atoms with Crippen LogP contribution in [0.25, 0.3) is 0 Å². The highest BCUT2D eigenvalue weighted by Crippen LogP contribution is 2.51. The molecule has 0 aromatic heterocycles. The van der Waals surface area contributed by atoms with Crippen LogP contribution in [0, 0.1) is 11.8 Å². The summed E-state index contributed by atoms with van der Waals surface area (Å²) in [7, 11) is 0. The molecule has 1 spiro atoms. The molecule has 7 unspecified atom stereocenters. The lowest BCUT2D eigenvalue weighted by molar-refractivity contribution is -0.165. The number of epoxide rings is 1. The summed E-state index contributed by atoms with van der Waals surface area (Å²) in [6.07, 6.45) is 1.25. The van der Waals surface area contributed by atoms with Crippen molar-refractivity contribution in [2.45, 2.75) is 63.3 Å². The summed E-state index contributed by atoms with van der Waals surface area (Å²) in [4.78, 5) is 24.4. The van der Waals surface area contributed by atoms with E-state index in [1.54, 1.807) is 13.8 Å². The van der Waals surface area contributed by atoms with Gasteiger partial charge < -0.3 is 24.1 Å². The number of aliphatic hydroxyl groups is 1. The highest BCUT2D eigenvalue weighted by Gasteiger charge is 2.65. The predicted octanol–water partition coefficient (Wildman–Crippen LogP) is 1.25. The Bertz CT molecular complexity index is 683. The zero-order valence-electron chi connectivity index (χ0n) is 15.0. The van der Waals surface area contributed by atoms with E-state index in [-0.39, 0.29) is 36.6 Å². The summed E-state index contributed by atoms with van der Waals surface area (Å²) in [5, 5.41) is 10.5. The van der Waals surface area contributed by atoms with Gasteiger partial charge in [0.25, 0.3) is 0 Å². The summed E-state index contributed by atoms with van der Waals surface area (Å²) in [5.74, 6) is -1.60. The van der Waals surface area contributed by atoms with Crippen molar-refractivity contribution in [1.29, 1.82) is 0 Å². The highest BCUT2D eigenvalue weighted by molar-refractivity contribution is 5.87. The van der Waals surface area contributed by atoms with Crippen molar-refractivity contribution in [3.8, 4) is 0 Å². The molecular formula is C19H24O7. The van der Waals surface area contributed by atoms with Crippen LogP contribution < -0.4 is 0 Å². The van der Waals surface area contributed by atoms with Gasteiger partial charge in [0.1, 0.15) is 17.8 Å². The van der Waals surface area contributed by atoms with Crippen LogP contribution in [0.4, 0.5) is 0 Å². The molecule has 7 atom stereocenters. The Morgan fingerprint density at radius 1 is 1.46 bits per heavy atom. The van der Waals surface area contributed by atoms with Crippen LogP contribution in [0.1, 0.15) is 33.1 Å². The maximum absolute atomic E-state index is 12.2. The molecule has 3 saturated heterocycles.